The summed E-state index contributed by atoms with van der Waals surface area (Å²) in [5.41, 5.74) is 5.36. The summed E-state index contributed by atoms with van der Waals surface area (Å²) in [4.78, 5) is 25.4. The molecule has 2 heterocycles. The van der Waals surface area contributed by atoms with Gasteiger partial charge < -0.3 is 25.0 Å². The van der Waals surface area contributed by atoms with Gasteiger partial charge in [-0.1, -0.05) is 23.8 Å². The number of piperazine rings is 1. The average Bonchev–Trinajstić information content (AvgIpc) is 3.28. The summed E-state index contributed by atoms with van der Waals surface area (Å²) in [7, 11) is 0. The molecule has 2 N–H and O–H groups in total. The van der Waals surface area contributed by atoms with E-state index in [4.69, 9.17) is 9.47 Å². The summed E-state index contributed by atoms with van der Waals surface area (Å²) in [6.07, 6.45) is 4.74. The van der Waals surface area contributed by atoms with Gasteiger partial charge in [-0.05, 0) is 75.6 Å². The van der Waals surface area contributed by atoms with Crippen molar-refractivity contribution in [1.29, 1.82) is 0 Å². The Hall–Kier alpha value is -4.11. The number of fused-ring (bicyclic) bond motifs is 1. The van der Waals surface area contributed by atoms with Gasteiger partial charge in [0.25, 0.3) is 0 Å². The number of ether oxygens (including phenoxy) is 2. The van der Waals surface area contributed by atoms with Gasteiger partial charge in [0.2, 0.25) is 5.95 Å². The molecule has 0 saturated carbocycles. The Morgan fingerprint density at radius 1 is 1.00 bits per heavy atom. The molecule has 210 valence electrons. The van der Waals surface area contributed by atoms with E-state index in [-0.39, 0.29) is 6.09 Å². The van der Waals surface area contributed by atoms with Gasteiger partial charge in [-0.3, -0.25) is 4.90 Å². The number of hydrogen-bond donors (Lipinski definition) is 2. The Labute approximate surface area is 236 Å². The van der Waals surface area contributed by atoms with Crippen LogP contribution in [0.3, 0.4) is 0 Å². The number of hydrogen-bond acceptors (Lipinski definition) is 8. The maximum Gasteiger partial charge on any atom is 0.410 e. The predicted molar refractivity (Wildman–Crippen MR) is 159 cm³/mol. The number of nitrogens with one attached hydrogen (secondary N) is 2. The average molecular weight is 543 g/mol. The molecule has 1 saturated heterocycles. The number of nitrogens with zero attached hydrogens (tertiary/aromatic N) is 4. The van der Waals surface area contributed by atoms with Crippen molar-refractivity contribution in [2.45, 2.75) is 39.7 Å². The first-order chi connectivity index (χ1) is 19.2. The van der Waals surface area contributed by atoms with Crippen LogP contribution in [0, 0.1) is 0 Å². The summed E-state index contributed by atoms with van der Waals surface area (Å²) in [5.74, 6) is 1.99. The van der Waals surface area contributed by atoms with Gasteiger partial charge in [-0.2, -0.15) is 4.98 Å². The molecule has 0 unspecified atom stereocenters. The van der Waals surface area contributed by atoms with Crippen molar-refractivity contribution in [3.63, 3.8) is 0 Å². The third-order valence-corrected chi connectivity index (χ3v) is 6.74. The third kappa shape index (κ3) is 7.51. The number of benzene rings is 2. The Bertz CT molecular complexity index is 1380. The molecule has 1 fully saturated rings. The Balaban J connectivity index is 1.09. The van der Waals surface area contributed by atoms with Crippen LogP contribution in [0.2, 0.25) is 0 Å². The third-order valence-electron chi connectivity index (χ3n) is 6.74. The number of rotatable bonds is 8. The van der Waals surface area contributed by atoms with E-state index in [0.29, 0.717) is 25.6 Å². The molecular formula is C31H38N6O3. The van der Waals surface area contributed by atoms with Gasteiger partial charge in [0.05, 0.1) is 0 Å². The highest BCUT2D eigenvalue weighted by Crippen LogP contribution is 2.28. The molecule has 2 aliphatic rings. The zero-order valence-corrected chi connectivity index (χ0v) is 23.7. The van der Waals surface area contributed by atoms with E-state index in [0.717, 1.165) is 49.0 Å². The molecule has 1 aliphatic heterocycles. The molecule has 9 heteroatoms. The normalized spacial score (nSPS) is 15.3. The summed E-state index contributed by atoms with van der Waals surface area (Å²) >= 11 is 0. The van der Waals surface area contributed by atoms with Gasteiger partial charge in [0.15, 0.2) is 0 Å². The second-order valence-corrected chi connectivity index (χ2v) is 11.3. The number of aromatic nitrogens is 2. The molecule has 0 bridgehead atoms. The second-order valence-electron chi connectivity index (χ2n) is 11.3. The molecule has 5 rings (SSSR count). The van der Waals surface area contributed by atoms with Gasteiger partial charge in [-0.25, -0.2) is 9.78 Å². The topological polar surface area (TPSA) is 91.9 Å². The lowest BCUT2D eigenvalue weighted by molar-refractivity contribution is 0.0137. The van der Waals surface area contributed by atoms with E-state index in [1.165, 1.54) is 16.7 Å². The quantitative estimate of drug-likeness (QED) is 0.366. The fraction of sp³-hybridized carbons (Fsp3) is 0.387. The molecule has 40 heavy (non-hydrogen) atoms. The second kappa shape index (κ2) is 12.0. The van der Waals surface area contributed by atoms with Gasteiger partial charge in [-0.15, -0.1) is 0 Å². The Kier molecular flexibility index (Phi) is 8.21. The molecule has 0 atom stereocenters. The van der Waals surface area contributed by atoms with Crippen LogP contribution in [-0.2, 0) is 11.2 Å². The maximum atomic E-state index is 12.3. The van der Waals surface area contributed by atoms with E-state index >= 15 is 0 Å². The van der Waals surface area contributed by atoms with Crippen LogP contribution < -0.4 is 15.4 Å². The van der Waals surface area contributed by atoms with Crippen LogP contribution in [0.5, 0.6) is 5.75 Å². The highest BCUT2D eigenvalue weighted by molar-refractivity contribution is 5.70. The molecule has 3 aromatic rings. The van der Waals surface area contributed by atoms with Crippen LogP contribution in [0.15, 0.2) is 60.3 Å². The maximum absolute atomic E-state index is 12.3. The minimum Gasteiger partial charge on any atom is -0.492 e. The summed E-state index contributed by atoms with van der Waals surface area (Å²) in [6, 6.07) is 16.0. The fourth-order valence-electron chi connectivity index (χ4n) is 4.79. The van der Waals surface area contributed by atoms with Crippen molar-refractivity contribution in [3.05, 3.63) is 71.4 Å². The number of carbonyl (C=O) groups is 1. The number of amides is 1. The van der Waals surface area contributed by atoms with Gasteiger partial charge in [0, 0.05) is 56.4 Å². The zero-order valence-electron chi connectivity index (χ0n) is 23.7. The Morgan fingerprint density at radius 3 is 2.60 bits per heavy atom. The van der Waals surface area contributed by atoms with Crippen molar-refractivity contribution in [2.75, 3.05) is 50.0 Å². The van der Waals surface area contributed by atoms with Gasteiger partial charge in [0.1, 0.15) is 23.8 Å². The van der Waals surface area contributed by atoms with E-state index in [1.807, 2.05) is 51.1 Å². The minimum atomic E-state index is -0.475. The lowest BCUT2D eigenvalue weighted by Gasteiger charge is -2.35. The molecule has 0 spiro atoms. The van der Waals surface area contributed by atoms with E-state index in [2.05, 4.69) is 56.7 Å². The summed E-state index contributed by atoms with van der Waals surface area (Å²) < 4.78 is 11.5. The number of allylic oxidation sites excluding steroid dienone is 1. The monoisotopic (exact) mass is 542 g/mol. The predicted octanol–water partition coefficient (Wildman–Crippen LogP) is 5.85. The van der Waals surface area contributed by atoms with Crippen molar-refractivity contribution in [2.24, 2.45) is 0 Å². The molecule has 9 nitrogen and oxygen atoms in total. The van der Waals surface area contributed by atoms with E-state index in [1.54, 1.807) is 11.1 Å². The van der Waals surface area contributed by atoms with Crippen molar-refractivity contribution in [3.8, 4) is 5.75 Å². The molecule has 0 radical (unpaired) electrons. The van der Waals surface area contributed by atoms with Crippen molar-refractivity contribution < 1.29 is 14.3 Å². The largest absolute Gasteiger partial charge is 0.492 e. The Morgan fingerprint density at radius 2 is 1.80 bits per heavy atom. The fourth-order valence-corrected chi connectivity index (χ4v) is 4.79. The zero-order chi connectivity index (χ0) is 28.1. The molecule has 1 aliphatic carbocycles. The van der Waals surface area contributed by atoms with Crippen molar-refractivity contribution in [1.82, 2.24) is 19.8 Å². The van der Waals surface area contributed by atoms with Crippen LogP contribution in [0.25, 0.3) is 6.08 Å². The van der Waals surface area contributed by atoms with Crippen LogP contribution in [0.1, 0.15) is 38.8 Å². The standard InChI is InChI=1S/C31H38N6O3/c1-22-18-23-8-9-26(20-24(23)19-22)33-28-10-11-32-29(35-28)34-25-6-5-7-27(21-25)39-17-16-36-12-14-37(15-13-36)30(38)40-31(2,3)4/h5-11,19-21H,12-18H2,1-4H3,(H2,32,33,34,35). The van der Waals surface area contributed by atoms with Gasteiger partial charge >= 0.3 is 6.09 Å². The highest BCUT2D eigenvalue weighted by Gasteiger charge is 2.25. The SMILES string of the molecule is CC1=Cc2cc(Nc3ccnc(Nc4cccc(OCCN5CCN(C(=O)OC(C)(C)C)CC5)c4)n3)ccc2C1. The lowest BCUT2D eigenvalue weighted by atomic mass is 10.1. The first-order valence-corrected chi connectivity index (χ1v) is 13.8. The van der Waals surface area contributed by atoms with Crippen molar-refractivity contribution >= 4 is 35.3 Å². The minimum absolute atomic E-state index is 0.242. The van der Waals surface area contributed by atoms with Crippen LogP contribution in [0.4, 0.5) is 27.9 Å². The highest BCUT2D eigenvalue weighted by atomic mass is 16.6. The number of anilines is 4. The first-order valence-electron chi connectivity index (χ1n) is 13.8. The lowest BCUT2D eigenvalue weighted by Crippen LogP contribution is -2.50. The summed E-state index contributed by atoms with van der Waals surface area (Å²) in [6.45, 7) is 12.1. The molecular weight excluding hydrogens is 504 g/mol. The number of carbonyl (C=O) groups excluding carboxylic acids is 1. The molecule has 1 amide bonds. The van der Waals surface area contributed by atoms with E-state index in [9.17, 15) is 4.79 Å². The molecule has 2 aromatic carbocycles. The van der Waals surface area contributed by atoms with E-state index < -0.39 is 5.60 Å². The smallest absolute Gasteiger partial charge is 0.410 e. The molecule has 1 aromatic heterocycles. The van der Waals surface area contributed by atoms with Crippen LogP contribution >= 0.6 is 0 Å². The first kappa shape index (κ1) is 27.5. The summed E-state index contributed by atoms with van der Waals surface area (Å²) in [5, 5.41) is 6.66. The van der Waals surface area contributed by atoms with Crippen LogP contribution in [-0.4, -0.2) is 70.8 Å².